The van der Waals surface area contributed by atoms with Gasteiger partial charge in [0, 0.05) is 38.2 Å². The molecule has 1 aromatic carbocycles. The molecule has 1 saturated heterocycles. The van der Waals surface area contributed by atoms with E-state index >= 15 is 0 Å². The first-order valence-electron chi connectivity index (χ1n) is 11.7. The first-order valence-corrected chi connectivity index (χ1v) is 12.9. The third-order valence-electron chi connectivity index (χ3n) is 5.64. The largest absolute Gasteiger partial charge is 0.481 e. The number of halogens is 1. The van der Waals surface area contributed by atoms with Crippen molar-refractivity contribution in [2.75, 3.05) is 32.8 Å². The van der Waals surface area contributed by atoms with Gasteiger partial charge in [-0.3, -0.25) is 14.4 Å². The zero-order valence-corrected chi connectivity index (χ0v) is 21.5. The van der Waals surface area contributed by atoms with E-state index in [0.29, 0.717) is 11.6 Å². The molecule has 0 spiro atoms. The molecule has 1 atom stereocenters. The van der Waals surface area contributed by atoms with Crippen LogP contribution in [0.4, 0.5) is 4.79 Å². The van der Waals surface area contributed by atoms with E-state index in [1.54, 1.807) is 0 Å². The van der Waals surface area contributed by atoms with Crippen molar-refractivity contribution in [2.45, 2.75) is 38.6 Å². The molecule has 0 bridgehead atoms. The van der Waals surface area contributed by atoms with Crippen LogP contribution in [-0.2, 0) is 14.3 Å². The number of carbonyl (C=O) groups excluding carboxylic acids is 3. The number of benzene rings is 1. The number of nitrogens with one attached hydrogen (secondary N) is 1. The molecule has 0 radical (unpaired) electrons. The molecule has 1 aliphatic rings. The highest BCUT2D eigenvalue weighted by Gasteiger charge is 2.32. The lowest BCUT2D eigenvalue weighted by Gasteiger charge is -2.36. The minimum absolute atomic E-state index is 0.0201. The van der Waals surface area contributed by atoms with Crippen LogP contribution in [0.2, 0.25) is 4.34 Å². The van der Waals surface area contributed by atoms with E-state index in [1.165, 1.54) is 9.80 Å². The third kappa shape index (κ3) is 7.41. The summed E-state index contributed by atoms with van der Waals surface area (Å²) in [5.74, 6) is -2.15. The molecule has 1 aromatic heterocycles. The number of hydrogen-bond donors (Lipinski definition) is 2. The van der Waals surface area contributed by atoms with Crippen LogP contribution in [0.25, 0.3) is 10.6 Å². The molecule has 2 aromatic rings. The summed E-state index contributed by atoms with van der Waals surface area (Å²) in [6.45, 7) is 3.42. The second-order valence-corrected chi connectivity index (χ2v) is 9.85. The number of carboxylic acids is 1. The fourth-order valence-corrected chi connectivity index (χ4v) is 4.77. The number of aromatic nitrogens is 1. The molecule has 2 heterocycles. The molecule has 3 rings (SSSR count). The number of amides is 3. The number of nitrogens with zero attached hydrogens (tertiary/aromatic N) is 3. The first kappa shape index (κ1) is 27.4. The molecule has 36 heavy (non-hydrogen) atoms. The van der Waals surface area contributed by atoms with Crippen molar-refractivity contribution >= 4 is 46.8 Å². The number of aliphatic carboxylic acids is 1. The van der Waals surface area contributed by atoms with Crippen LogP contribution in [-0.4, -0.2) is 82.6 Å². The average molecular weight is 537 g/mol. The van der Waals surface area contributed by atoms with Gasteiger partial charge in [-0.2, -0.15) is 0 Å². The lowest BCUT2D eigenvalue weighted by molar-refractivity contribution is -0.138. The van der Waals surface area contributed by atoms with Gasteiger partial charge in [-0.1, -0.05) is 55.3 Å². The SMILES string of the molecule is CCCCOC(=O)N1CCN(C(=O)C(CCC(=O)O)NC(=O)c2nc(-c3ccccc3)sc2Cl)CC1. The molecule has 12 heteroatoms. The molecule has 3 amide bonds. The molecule has 1 unspecified atom stereocenters. The standard InChI is InChI=1S/C24H29ClN4O6S/c1-2-3-15-35-24(34)29-13-11-28(12-14-29)23(33)17(9-10-18(30)31)26-21(32)19-20(25)36-22(27-19)16-7-5-4-6-8-16/h4-8,17H,2-3,9-15H2,1H3,(H,26,32)(H,30,31). The lowest BCUT2D eigenvalue weighted by atomic mass is 10.1. The molecule has 2 N–H and O–H groups in total. The van der Waals surface area contributed by atoms with Gasteiger partial charge in [0.2, 0.25) is 5.91 Å². The monoisotopic (exact) mass is 536 g/mol. The van der Waals surface area contributed by atoms with Crippen molar-refractivity contribution < 1.29 is 29.0 Å². The topological polar surface area (TPSA) is 129 Å². The zero-order valence-electron chi connectivity index (χ0n) is 19.9. The quantitative estimate of drug-likeness (QED) is 0.444. The first-order chi connectivity index (χ1) is 17.3. The summed E-state index contributed by atoms with van der Waals surface area (Å²) < 4.78 is 5.39. The molecule has 194 valence electrons. The van der Waals surface area contributed by atoms with Crippen LogP contribution >= 0.6 is 22.9 Å². The van der Waals surface area contributed by atoms with Crippen molar-refractivity contribution in [3.63, 3.8) is 0 Å². The summed E-state index contributed by atoms with van der Waals surface area (Å²) in [5, 5.41) is 12.3. The Hall–Kier alpha value is -3.18. The number of carboxylic acid groups (broad SMARTS) is 1. The van der Waals surface area contributed by atoms with Crippen LogP contribution in [0.1, 0.15) is 43.1 Å². The number of hydrogen-bond acceptors (Lipinski definition) is 7. The number of unbranched alkanes of at least 4 members (excludes halogenated alkanes) is 1. The number of carbonyl (C=O) groups is 4. The molecular weight excluding hydrogens is 508 g/mol. The fraction of sp³-hybridized carbons (Fsp3) is 0.458. The van der Waals surface area contributed by atoms with Crippen molar-refractivity contribution in [3.8, 4) is 10.6 Å². The zero-order chi connectivity index (χ0) is 26.1. The van der Waals surface area contributed by atoms with E-state index in [-0.39, 0.29) is 49.1 Å². The van der Waals surface area contributed by atoms with Crippen LogP contribution in [0.3, 0.4) is 0 Å². The van der Waals surface area contributed by atoms with Crippen LogP contribution < -0.4 is 5.32 Å². The van der Waals surface area contributed by atoms with Gasteiger partial charge in [0.05, 0.1) is 6.61 Å². The van der Waals surface area contributed by atoms with Gasteiger partial charge >= 0.3 is 12.1 Å². The Morgan fingerprint density at radius 3 is 2.44 bits per heavy atom. The summed E-state index contributed by atoms with van der Waals surface area (Å²) >= 11 is 7.42. The Kier molecular flexibility index (Phi) is 10.1. The fourth-order valence-electron chi connectivity index (χ4n) is 3.62. The number of ether oxygens (including phenoxy) is 1. The maximum atomic E-state index is 13.2. The summed E-state index contributed by atoms with van der Waals surface area (Å²) in [6, 6.07) is 8.16. The van der Waals surface area contributed by atoms with Crippen molar-refractivity contribution in [3.05, 3.63) is 40.4 Å². The average Bonchev–Trinajstić information content (AvgIpc) is 3.28. The summed E-state index contributed by atoms with van der Waals surface area (Å²) in [6.07, 6.45) is 0.884. The second-order valence-electron chi connectivity index (χ2n) is 8.25. The van der Waals surface area contributed by atoms with Crippen LogP contribution in [0, 0.1) is 0 Å². The Morgan fingerprint density at radius 1 is 1.14 bits per heavy atom. The predicted octanol–water partition coefficient (Wildman–Crippen LogP) is 3.51. The number of thiazole rings is 1. The van der Waals surface area contributed by atoms with Crippen molar-refractivity contribution in [1.82, 2.24) is 20.1 Å². The van der Waals surface area contributed by atoms with Gasteiger partial charge < -0.3 is 25.0 Å². The minimum Gasteiger partial charge on any atom is -0.481 e. The Morgan fingerprint density at radius 2 is 1.81 bits per heavy atom. The van der Waals surface area contributed by atoms with Gasteiger partial charge in [-0.05, 0) is 12.8 Å². The molecule has 0 aliphatic carbocycles. The Balaban J connectivity index is 1.65. The third-order valence-corrected chi connectivity index (χ3v) is 6.95. The number of rotatable bonds is 10. The summed E-state index contributed by atoms with van der Waals surface area (Å²) in [4.78, 5) is 56.9. The van der Waals surface area contributed by atoms with E-state index in [1.807, 2.05) is 37.3 Å². The lowest BCUT2D eigenvalue weighted by Crippen LogP contribution is -2.56. The van der Waals surface area contributed by atoms with E-state index in [4.69, 9.17) is 21.4 Å². The van der Waals surface area contributed by atoms with Gasteiger partial charge in [0.25, 0.3) is 5.91 Å². The summed E-state index contributed by atoms with van der Waals surface area (Å²) in [7, 11) is 0. The van der Waals surface area contributed by atoms with Gasteiger partial charge in [0.15, 0.2) is 5.69 Å². The smallest absolute Gasteiger partial charge is 0.409 e. The second kappa shape index (κ2) is 13.2. The van der Waals surface area contributed by atoms with Crippen molar-refractivity contribution in [1.29, 1.82) is 0 Å². The molecular formula is C24H29ClN4O6S. The molecule has 0 saturated carbocycles. The normalized spacial score (nSPS) is 14.3. The highest BCUT2D eigenvalue weighted by molar-refractivity contribution is 7.19. The van der Waals surface area contributed by atoms with E-state index in [2.05, 4.69) is 10.3 Å². The van der Waals surface area contributed by atoms with Crippen LogP contribution in [0.5, 0.6) is 0 Å². The highest BCUT2D eigenvalue weighted by Crippen LogP contribution is 2.31. The highest BCUT2D eigenvalue weighted by atomic mass is 35.5. The van der Waals surface area contributed by atoms with Crippen molar-refractivity contribution in [2.24, 2.45) is 0 Å². The predicted molar refractivity (Wildman–Crippen MR) is 135 cm³/mol. The van der Waals surface area contributed by atoms with E-state index in [0.717, 1.165) is 29.7 Å². The van der Waals surface area contributed by atoms with Crippen LogP contribution in [0.15, 0.2) is 30.3 Å². The van der Waals surface area contributed by atoms with E-state index in [9.17, 15) is 19.2 Å². The molecule has 1 aliphatic heterocycles. The number of piperazine rings is 1. The maximum Gasteiger partial charge on any atom is 0.409 e. The Labute approximate surface area is 218 Å². The summed E-state index contributed by atoms with van der Waals surface area (Å²) in [5.41, 5.74) is 0.779. The Bertz CT molecular complexity index is 1070. The maximum absolute atomic E-state index is 13.2. The minimum atomic E-state index is -1.08. The van der Waals surface area contributed by atoms with E-state index < -0.39 is 29.9 Å². The molecule has 1 fully saturated rings. The van der Waals surface area contributed by atoms with Gasteiger partial charge in [0.1, 0.15) is 15.4 Å². The molecule has 10 nitrogen and oxygen atoms in total. The van der Waals surface area contributed by atoms with Gasteiger partial charge in [-0.15, -0.1) is 11.3 Å². The van der Waals surface area contributed by atoms with Gasteiger partial charge in [-0.25, -0.2) is 9.78 Å².